The Morgan fingerprint density at radius 2 is 1.56 bits per heavy atom. The first kappa shape index (κ1) is 24.4. The largest absolute Gasteiger partial charge is 0.465 e. The zero-order chi connectivity index (χ0) is 18.8. The molecule has 0 aliphatic carbocycles. The molecule has 0 unspecified atom stereocenters. The molecule has 0 aromatic rings. The van der Waals surface area contributed by atoms with Crippen molar-refractivity contribution in [2.24, 2.45) is 5.41 Å². The molecule has 0 spiro atoms. The number of carbonyl (C=O) groups is 1. The van der Waals surface area contributed by atoms with E-state index in [1.165, 1.54) is 38.5 Å². The number of unbranched alkanes of at least 4 members (excludes halogenated alkanes) is 8. The Labute approximate surface area is 156 Å². The predicted octanol–water partition coefficient (Wildman–Crippen LogP) is 4.84. The van der Waals surface area contributed by atoms with Crippen molar-refractivity contribution in [1.82, 2.24) is 5.32 Å². The van der Waals surface area contributed by atoms with Gasteiger partial charge in [0.05, 0.1) is 13.2 Å². The van der Waals surface area contributed by atoms with E-state index in [0.29, 0.717) is 19.6 Å². The smallest absolute Gasteiger partial charge is 0.305 e. The first-order valence-corrected chi connectivity index (χ1v) is 10.5. The molecule has 0 heterocycles. The lowest BCUT2D eigenvalue weighted by molar-refractivity contribution is -0.147. The molecule has 2 N–H and O–H groups in total. The van der Waals surface area contributed by atoms with Crippen LogP contribution < -0.4 is 5.32 Å². The third-order valence-corrected chi connectivity index (χ3v) is 4.60. The number of aliphatic hydroxyl groups is 1. The highest BCUT2D eigenvalue weighted by molar-refractivity contribution is 5.69. The van der Waals surface area contributed by atoms with Crippen molar-refractivity contribution < 1.29 is 14.6 Å². The molecule has 25 heavy (non-hydrogen) atoms. The van der Waals surface area contributed by atoms with E-state index in [1.807, 2.05) is 0 Å². The van der Waals surface area contributed by atoms with Crippen molar-refractivity contribution in [2.75, 3.05) is 26.3 Å². The van der Waals surface area contributed by atoms with Gasteiger partial charge in [-0.2, -0.15) is 0 Å². The highest BCUT2D eigenvalue weighted by Gasteiger charge is 2.19. The van der Waals surface area contributed by atoms with Gasteiger partial charge in [-0.15, -0.1) is 0 Å². The van der Waals surface area contributed by atoms with Gasteiger partial charge in [0.1, 0.15) is 0 Å². The summed E-state index contributed by atoms with van der Waals surface area (Å²) < 4.78 is 5.48. The summed E-state index contributed by atoms with van der Waals surface area (Å²) in [4.78, 5) is 11.9. The standard InChI is InChI=1S/C21H43NO3/c1-4-5-6-7-8-9-11-14-20(24)25-19-21(2,3)15-12-10-13-16-22-17-18-23/h22-23H,4-19H2,1-3H3. The molecule has 0 atom stereocenters. The van der Waals surface area contributed by atoms with Gasteiger partial charge in [-0.3, -0.25) is 4.79 Å². The van der Waals surface area contributed by atoms with E-state index in [0.717, 1.165) is 38.6 Å². The summed E-state index contributed by atoms with van der Waals surface area (Å²) in [6.45, 7) is 8.97. The predicted molar refractivity (Wildman–Crippen MR) is 106 cm³/mol. The van der Waals surface area contributed by atoms with Crippen LogP contribution >= 0.6 is 0 Å². The Balaban J connectivity index is 3.53. The lowest BCUT2D eigenvalue weighted by Gasteiger charge is -2.24. The SMILES string of the molecule is CCCCCCCCCC(=O)OCC(C)(C)CCCCCNCCO. The number of rotatable bonds is 18. The Hall–Kier alpha value is -0.610. The zero-order valence-electron chi connectivity index (χ0n) is 17.1. The Kier molecular flexibility index (Phi) is 16.4. The molecule has 0 fully saturated rings. The van der Waals surface area contributed by atoms with E-state index < -0.39 is 0 Å². The topological polar surface area (TPSA) is 58.6 Å². The highest BCUT2D eigenvalue weighted by atomic mass is 16.5. The molecule has 0 amide bonds. The van der Waals surface area contributed by atoms with Crippen LogP contribution in [0.15, 0.2) is 0 Å². The fraction of sp³-hybridized carbons (Fsp3) is 0.952. The molecule has 150 valence electrons. The second-order valence-corrected chi connectivity index (χ2v) is 7.98. The van der Waals surface area contributed by atoms with Crippen LogP contribution in [0.4, 0.5) is 0 Å². The fourth-order valence-electron chi connectivity index (χ4n) is 2.88. The molecule has 0 radical (unpaired) electrons. The van der Waals surface area contributed by atoms with Crippen LogP contribution in [0.2, 0.25) is 0 Å². The third kappa shape index (κ3) is 18.0. The third-order valence-electron chi connectivity index (χ3n) is 4.60. The average molecular weight is 358 g/mol. The molecule has 0 saturated heterocycles. The number of esters is 1. The van der Waals surface area contributed by atoms with Crippen LogP contribution in [0, 0.1) is 5.41 Å². The van der Waals surface area contributed by atoms with E-state index >= 15 is 0 Å². The maximum atomic E-state index is 11.9. The Morgan fingerprint density at radius 3 is 2.24 bits per heavy atom. The summed E-state index contributed by atoms with van der Waals surface area (Å²) in [6.07, 6.45) is 13.7. The molecule has 0 aromatic heterocycles. The quantitative estimate of drug-likeness (QED) is 0.272. The summed E-state index contributed by atoms with van der Waals surface area (Å²) in [5.41, 5.74) is 0.0638. The second kappa shape index (κ2) is 16.8. The number of ether oxygens (including phenoxy) is 1. The van der Waals surface area contributed by atoms with Crippen molar-refractivity contribution >= 4 is 5.97 Å². The summed E-state index contributed by atoms with van der Waals surface area (Å²) >= 11 is 0. The zero-order valence-corrected chi connectivity index (χ0v) is 17.1. The molecule has 4 nitrogen and oxygen atoms in total. The van der Waals surface area contributed by atoms with Crippen LogP contribution in [0.1, 0.15) is 97.8 Å². The molecule has 0 saturated carbocycles. The van der Waals surface area contributed by atoms with E-state index in [9.17, 15) is 4.79 Å². The van der Waals surface area contributed by atoms with E-state index in [1.54, 1.807) is 0 Å². The van der Waals surface area contributed by atoms with Gasteiger partial charge in [-0.05, 0) is 31.2 Å². The number of nitrogens with one attached hydrogen (secondary N) is 1. The van der Waals surface area contributed by atoms with E-state index in [4.69, 9.17) is 9.84 Å². The van der Waals surface area contributed by atoms with Gasteiger partial charge in [0, 0.05) is 13.0 Å². The van der Waals surface area contributed by atoms with E-state index in [2.05, 4.69) is 26.1 Å². The number of aliphatic hydroxyl groups excluding tert-OH is 1. The lowest BCUT2D eigenvalue weighted by atomic mass is 9.88. The van der Waals surface area contributed by atoms with Gasteiger partial charge in [0.2, 0.25) is 0 Å². The minimum Gasteiger partial charge on any atom is -0.465 e. The summed E-state index contributed by atoms with van der Waals surface area (Å²) in [6, 6.07) is 0. The number of hydrogen-bond acceptors (Lipinski definition) is 4. The first-order valence-electron chi connectivity index (χ1n) is 10.5. The van der Waals surface area contributed by atoms with Crippen molar-refractivity contribution in [3.05, 3.63) is 0 Å². The van der Waals surface area contributed by atoms with Crippen molar-refractivity contribution in [3.63, 3.8) is 0 Å². The van der Waals surface area contributed by atoms with Crippen LogP contribution in [-0.4, -0.2) is 37.4 Å². The second-order valence-electron chi connectivity index (χ2n) is 7.98. The van der Waals surface area contributed by atoms with Gasteiger partial charge < -0.3 is 15.2 Å². The average Bonchev–Trinajstić information content (AvgIpc) is 2.58. The van der Waals surface area contributed by atoms with Gasteiger partial charge in [0.25, 0.3) is 0 Å². The number of hydrogen-bond donors (Lipinski definition) is 2. The summed E-state index contributed by atoms with van der Waals surface area (Å²) in [5, 5.41) is 11.9. The minimum absolute atomic E-state index is 0.0326. The maximum Gasteiger partial charge on any atom is 0.305 e. The van der Waals surface area contributed by atoms with Gasteiger partial charge in [-0.25, -0.2) is 0 Å². The normalized spacial score (nSPS) is 11.7. The van der Waals surface area contributed by atoms with Crippen molar-refractivity contribution in [3.8, 4) is 0 Å². The monoisotopic (exact) mass is 357 g/mol. The van der Waals surface area contributed by atoms with Gasteiger partial charge in [-0.1, -0.05) is 72.1 Å². The first-order chi connectivity index (χ1) is 12.0. The molecule has 4 heteroatoms. The maximum absolute atomic E-state index is 11.9. The van der Waals surface area contributed by atoms with Crippen molar-refractivity contribution in [1.29, 1.82) is 0 Å². The highest BCUT2D eigenvalue weighted by Crippen LogP contribution is 2.24. The molecular weight excluding hydrogens is 314 g/mol. The molecular formula is C21H43NO3. The lowest BCUT2D eigenvalue weighted by Crippen LogP contribution is -2.22. The molecule has 0 aliphatic rings. The van der Waals surface area contributed by atoms with Crippen LogP contribution in [0.5, 0.6) is 0 Å². The Bertz CT molecular complexity index is 306. The van der Waals surface area contributed by atoms with Gasteiger partial charge in [0.15, 0.2) is 0 Å². The van der Waals surface area contributed by atoms with Crippen LogP contribution in [0.25, 0.3) is 0 Å². The van der Waals surface area contributed by atoms with Crippen molar-refractivity contribution in [2.45, 2.75) is 97.8 Å². The molecule has 0 rings (SSSR count). The fourth-order valence-corrected chi connectivity index (χ4v) is 2.88. The molecule has 0 bridgehead atoms. The summed E-state index contributed by atoms with van der Waals surface area (Å²) in [7, 11) is 0. The Morgan fingerprint density at radius 1 is 0.920 bits per heavy atom. The molecule has 0 aliphatic heterocycles. The van der Waals surface area contributed by atoms with E-state index in [-0.39, 0.29) is 18.0 Å². The number of carbonyl (C=O) groups excluding carboxylic acids is 1. The van der Waals surface area contributed by atoms with Crippen LogP contribution in [-0.2, 0) is 9.53 Å². The molecule has 0 aromatic carbocycles. The summed E-state index contributed by atoms with van der Waals surface area (Å²) in [5.74, 6) is -0.0326. The van der Waals surface area contributed by atoms with Crippen LogP contribution in [0.3, 0.4) is 0 Å². The van der Waals surface area contributed by atoms with Gasteiger partial charge >= 0.3 is 5.97 Å². The minimum atomic E-state index is -0.0326.